The molecule has 1 aromatic carbocycles. The lowest BCUT2D eigenvalue weighted by molar-refractivity contribution is 0.281. The first-order chi connectivity index (χ1) is 7.78. The fourth-order valence-electron chi connectivity index (χ4n) is 3.18. The van der Waals surface area contributed by atoms with Crippen molar-refractivity contribution in [3.05, 3.63) is 28.2 Å². The summed E-state index contributed by atoms with van der Waals surface area (Å²) in [6.45, 7) is 1.31. The number of rotatable bonds is 2. The second-order valence-electron chi connectivity index (χ2n) is 4.92. The molecule has 2 unspecified atom stereocenters. The van der Waals surface area contributed by atoms with Crippen LogP contribution in [0.5, 0.6) is 0 Å². The highest BCUT2D eigenvalue weighted by atomic mass is 79.9. The predicted molar refractivity (Wildman–Crippen MR) is 68.5 cm³/mol. The molecule has 1 aromatic rings. The first kappa shape index (κ1) is 10.6. The summed E-state index contributed by atoms with van der Waals surface area (Å²) in [5.41, 5.74) is 2.28. The van der Waals surface area contributed by atoms with E-state index in [0.717, 1.165) is 22.0 Å². The van der Waals surface area contributed by atoms with Gasteiger partial charge >= 0.3 is 0 Å². The highest BCUT2D eigenvalue weighted by Gasteiger charge is 2.38. The maximum absolute atomic E-state index is 9.43. The molecule has 1 heterocycles. The highest BCUT2D eigenvalue weighted by molar-refractivity contribution is 9.10. The van der Waals surface area contributed by atoms with E-state index in [2.05, 4.69) is 33.0 Å². The van der Waals surface area contributed by atoms with E-state index in [4.69, 9.17) is 0 Å². The molecule has 2 fully saturated rings. The van der Waals surface area contributed by atoms with Crippen LogP contribution >= 0.6 is 15.9 Å². The number of benzene rings is 1. The second-order valence-corrected chi connectivity index (χ2v) is 5.83. The number of nitrogens with zero attached hydrogens (tertiary/aromatic N) is 1. The van der Waals surface area contributed by atoms with Gasteiger partial charge in [0, 0.05) is 28.3 Å². The number of aliphatic hydroxyl groups excluding tert-OH is 1. The van der Waals surface area contributed by atoms with E-state index < -0.39 is 0 Å². The molecule has 3 heteroatoms. The lowest BCUT2D eigenvalue weighted by atomic mass is 10.1. The molecule has 1 aliphatic heterocycles. The van der Waals surface area contributed by atoms with Gasteiger partial charge in [0.05, 0.1) is 6.61 Å². The molecule has 2 aliphatic rings. The van der Waals surface area contributed by atoms with Crippen molar-refractivity contribution in [2.75, 3.05) is 11.4 Å². The summed E-state index contributed by atoms with van der Waals surface area (Å²) >= 11 is 3.46. The van der Waals surface area contributed by atoms with Gasteiger partial charge in [-0.15, -0.1) is 0 Å². The molecule has 16 heavy (non-hydrogen) atoms. The Morgan fingerprint density at radius 1 is 1.38 bits per heavy atom. The summed E-state index contributed by atoms with van der Waals surface area (Å²) in [7, 11) is 0. The van der Waals surface area contributed by atoms with Crippen LogP contribution in [0.3, 0.4) is 0 Å². The number of hydrogen-bond donors (Lipinski definition) is 1. The summed E-state index contributed by atoms with van der Waals surface area (Å²) in [5, 5.41) is 9.43. The van der Waals surface area contributed by atoms with Crippen molar-refractivity contribution in [1.29, 1.82) is 0 Å². The molecule has 0 amide bonds. The highest BCUT2D eigenvalue weighted by Crippen LogP contribution is 2.41. The Balaban J connectivity index is 1.94. The van der Waals surface area contributed by atoms with Crippen LogP contribution in [0.25, 0.3) is 0 Å². The molecule has 0 spiro atoms. The van der Waals surface area contributed by atoms with Gasteiger partial charge < -0.3 is 10.0 Å². The maximum atomic E-state index is 9.43. The maximum Gasteiger partial charge on any atom is 0.0702 e. The largest absolute Gasteiger partial charge is 0.392 e. The Hall–Kier alpha value is -0.540. The molecule has 2 nitrogen and oxygen atoms in total. The molecule has 3 rings (SSSR count). The summed E-state index contributed by atoms with van der Waals surface area (Å²) < 4.78 is 1.05. The van der Waals surface area contributed by atoms with E-state index in [1.54, 1.807) is 0 Å². The number of halogens is 1. The molecule has 0 radical (unpaired) electrons. The fourth-order valence-corrected chi connectivity index (χ4v) is 3.59. The van der Waals surface area contributed by atoms with E-state index in [1.807, 2.05) is 6.07 Å². The molecular formula is C13H16BrNO. The molecule has 1 N–H and O–H groups in total. The third-order valence-electron chi connectivity index (χ3n) is 3.93. The van der Waals surface area contributed by atoms with Crippen LogP contribution in [0.15, 0.2) is 22.7 Å². The molecule has 2 bridgehead atoms. The van der Waals surface area contributed by atoms with Crippen molar-refractivity contribution in [3.8, 4) is 0 Å². The summed E-state index contributed by atoms with van der Waals surface area (Å²) in [6.07, 6.45) is 4.07. The minimum absolute atomic E-state index is 0.128. The zero-order valence-electron chi connectivity index (χ0n) is 9.19. The lowest BCUT2D eigenvalue weighted by Gasteiger charge is -2.30. The minimum Gasteiger partial charge on any atom is -0.392 e. The Labute approximate surface area is 104 Å². The van der Waals surface area contributed by atoms with Gasteiger partial charge in [-0.25, -0.2) is 0 Å². The average molecular weight is 282 g/mol. The zero-order chi connectivity index (χ0) is 11.1. The Kier molecular flexibility index (Phi) is 2.68. The monoisotopic (exact) mass is 281 g/mol. The van der Waals surface area contributed by atoms with Crippen molar-refractivity contribution in [2.45, 2.75) is 31.9 Å². The van der Waals surface area contributed by atoms with Gasteiger partial charge in [-0.05, 0) is 43.4 Å². The predicted octanol–water partition coefficient (Wildman–Crippen LogP) is 2.93. The van der Waals surface area contributed by atoms with E-state index in [1.165, 1.54) is 31.5 Å². The summed E-state index contributed by atoms with van der Waals surface area (Å²) in [6, 6.07) is 6.95. The van der Waals surface area contributed by atoms with Crippen LogP contribution in [-0.4, -0.2) is 17.7 Å². The van der Waals surface area contributed by atoms with E-state index in [0.29, 0.717) is 0 Å². The van der Waals surface area contributed by atoms with Crippen LogP contribution in [-0.2, 0) is 6.61 Å². The van der Waals surface area contributed by atoms with Crippen LogP contribution in [0.4, 0.5) is 5.69 Å². The Morgan fingerprint density at radius 2 is 2.25 bits per heavy atom. The molecular weight excluding hydrogens is 266 g/mol. The van der Waals surface area contributed by atoms with E-state index in [-0.39, 0.29) is 6.61 Å². The van der Waals surface area contributed by atoms with Gasteiger partial charge in [-0.3, -0.25) is 0 Å². The third-order valence-corrected chi connectivity index (χ3v) is 4.42. The molecule has 1 saturated carbocycles. The third kappa shape index (κ3) is 1.66. The summed E-state index contributed by atoms with van der Waals surface area (Å²) in [5.74, 6) is 0.889. The van der Waals surface area contributed by atoms with Gasteiger partial charge in [-0.2, -0.15) is 0 Å². The fraction of sp³-hybridized carbons (Fsp3) is 0.538. The Bertz CT molecular complexity index is 407. The summed E-state index contributed by atoms with van der Waals surface area (Å²) in [4.78, 5) is 2.49. The SMILES string of the molecule is OCc1cc(Br)ccc1N1CC2CCC1C2. The van der Waals surface area contributed by atoms with Crippen molar-refractivity contribution in [1.82, 2.24) is 0 Å². The first-order valence-electron chi connectivity index (χ1n) is 5.94. The topological polar surface area (TPSA) is 23.5 Å². The number of aliphatic hydroxyl groups is 1. The number of anilines is 1. The van der Waals surface area contributed by atoms with Gasteiger partial charge in [0.1, 0.15) is 0 Å². The molecule has 0 aromatic heterocycles. The minimum atomic E-state index is 0.128. The van der Waals surface area contributed by atoms with E-state index in [9.17, 15) is 5.11 Å². The van der Waals surface area contributed by atoms with Gasteiger partial charge in [0.25, 0.3) is 0 Å². The smallest absolute Gasteiger partial charge is 0.0702 e. The van der Waals surface area contributed by atoms with Crippen LogP contribution in [0, 0.1) is 5.92 Å². The molecule has 1 saturated heterocycles. The zero-order valence-corrected chi connectivity index (χ0v) is 10.8. The van der Waals surface area contributed by atoms with E-state index >= 15 is 0 Å². The molecule has 1 aliphatic carbocycles. The molecule has 2 atom stereocenters. The van der Waals surface area contributed by atoms with Gasteiger partial charge in [-0.1, -0.05) is 15.9 Å². The van der Waals surface area contributed by atoms with Crippen LogP contribution < -0.4 is 4.90 Å². The molecule has 86 valence electrons. The Morgan fingerprint density at radius 3 is 2.88 bits per heavy atom. The van der Waals surface area contributed by atoms with Gasteiger partial charge in [0.15, 0.2) is 0 Å². The average Bonchev–Trinajstić information content (AvgIpc) is 2.90. The van der Waals surface area contributed by atoms with Crippen molar-refractivity contribution in [2.24, 2.45) is 5.92 Å². The number of fused-ring (bicyclic) bond motifs is 2. The standard InChI is InChI=1S/C13H16BrNO/c14-11-2-4-13(10(6-11)8-16)15-7-9-1-3-12(15)5-9/h2,4,6,9,12,16H,1,3,5,7-8H2. The van der Waals surface area contributed by atoms with Crippen molar-refractivity contribution < 1.29 is 5.11 Å². The second kappa shape index (κ2) is 4.04. The lowest BCUT2D eigenvalue weighted by Crippen LogP contribution is -2.32. The first-order valence-corrected chi connectivity index (χ1v) is 6.73. The van der Waals surface area contributed by atoms with Crippen LogP contribution in [0.1, 0.15) is 24.8 Å². The van der Waals surface area contributed by atoms with Crippen LogP contribution in [0.2, 0.25) is 0 Å². The normalized spacial score (nSPS) is 27.8. The van der Waals surface area contributed by atoms with Crippen molar-refractivity contribution >= 4 is 21.6 Å². The van der Waals surface area contributed by atoms with Crippen molar-refractivity contribution in [3.63, 3.8) is 0 Å². The number of hydrogen-bond acceptors (Lipinski definition) is 2. The number of piperidine rings is 1. The quantitative estimate of drug-likeness (QED) is 0.901. The van der Waals surface area contributed by atoms with Gasteiger partial charge in [0.2, 0.25) is 0 Å².